The van der Waals surface area contributed by atoms with E-state index in [1.54, 1.807) is 0 Å². The fourth-order valence-corrected chi connectivity index (χ4v) is 4.18. The summed E-state index contributed by atoms with van der Waals surface area (Å²) in [5, 5.41) is 9.29. The summed E-state index contributed by atoms with van der Waals surface area (Å²) in [5.74, 6) is 2.61. The highest BCUT2D eigenvalue weighted by atomic mass is 32.2. The van der Waals surface area contributed by atoms with Gasteiger partial charge in [0.2, 0.25) is 5.91 Å². The zero-order valence-electron chi connectivity index (χ0n) is 14.5. The summed E-state index contributed by atoms with van der Waals surface area (Å²) in [4.78, 5) is 14.5. The summed E-state index contributed by atoms with van der Waals surface area (Å²) in [7, 11) is 1.94. The van der Waals surface area contributed by atoms with Gasteiger partial charge in [-0.05, 0) is 18.3 Å². The second kappa shape index (κ2) is 7.38. The lowest BCUT2D eigenvalue weighted by Gasteiger charge is -2.34. The number of thioether (sulfide) groups is 1. The van der Waals surface area contributed by atoms with Gasteiger partial charge in [0.25, 0.3) is 0 Å². The Labute approximate surface area is 147 Å². The first-order valence-corrected chi connectivity index (χ1v) is 9.38. The molecule has 0 radical (unpaired) electrons. The van der Waals surface area contributed by atoms with E-state index in [1.165, 1.54) is 18.2 Å². The molecule has 24 heavy (non-hydrogen) atoms. The van der Waals surface area contributed by atoms with Crippen molar-refractivity contribution < 1.29 is 4.79 Å². The van der Waals surface area contributed by atoms with Gasteiger partial charge in [-0.3, -0.25) is 4.79 Å². The van der Waals surface area contributed by atoms with Gasteiger partial charge in [0, 0.05) is 25.7 Å². The molecule has 2 aromatic rings. The van der Waals surface area contributed by atoms with Crippen LogP contribution in [-0.2, 0) is 11.8 Å². The molecule has 2 heterocycles. The van der Waals surface area contributed by atoms with E-state index in [-0.39, 0.29) is 5.91 Å². The molecule has 1 aromatic heterocycles. The van der Waals surface area contributed by atoms with Crippen LogP contribution in [0.4, 0.5) is 0 Å². The van der Waals surface area contributed by atoms with E-state index in [4.69, 9.17) is 0 Å². The molecule has 0 unspecified atom stereocenters. The average molecular weight is 344 g/mol. The van der Waals surface area contributed by atoms with Gasteiger partial charge in [0.15, 0.2) is 11.0 Å². The number of likely N-dealkylation sites (tertiary alicyclic amines) is 1. The lowest BCUT2D eigenvalue weighted by molar-refractivity contribution is -0.130. The van der Waals surface area contributed by atoms with E-state index in [2.05, 4.69) is 24.0 Å². The van der Waals surface area contributed by atoms with Crippen LogP contribution < -0.4 is 0 Å². The van der Waals surface area contributed by atoms with Gasteiger partial charge in [0.05, 0.1) is 5.75 Å². The molecule has 128 valence electrons. The highest BCUT2D eigenvalue weighted by Gasteiger charge is 2.25. The molecule has 1 aliphatic heterocycles. The molecule has 0 saturated carbocycles. The Balaban J connectivity index is 1.63. The molecular formula is C18H24N4OS. The number of amides is 1. The Morgan fingerprint density at radius 1 is 1.17 bits per heavy atom. The maximum atomic E-state index is 12.5. The summed E-state index contributed by atoms with van der Waals surface area (Å²) in [6, 6.07) is 9.98. The van der Waals surface area contributed by atoms with E-state index in [1.807, 2.05) is 46.8 Å². The Kier molecular flexibility index (Phi) is 5.23. The molecule has 3 rings (SSSR count). The Hall–Kier alpha value is -1.82. The zero-order chi connectivity index (χ0) is 17.1. The lowest BCUT2D eigenvalue weighted by atomic mass is 9.92. The van der Waals surface area contributed by atoms with Gasteiger partial charge < -0.3 is 9.47 Å². The van der Waals surface area contributed by atoms with E-state index < -0.39 is 0 Å². The minimum atomic E-state index is 0.197. The molecule has 1 fully saturated rings. The molecule has 5 nitrogen and oxygen atoms in total. The van der Waals surface area contributed by atoms with Gasteiger partial charge in [-0.15, -0.1) is 10.2 Å². The number of piperidine rings is 1. The van der Waals surface area contributed by atoms with E-state index in [0.717, 1.165) is 29.6 Å². The van der Waals surface area contributed by atoms with Crippen LogP contribution in [0, 0.1) is 11.8 Å². The molecule has 1 aliphatic rings. The molecule has 0 bridgehead atoms. The van der Waals surface area contributed by atoms with E-state index in [9.17, 15) is 4.79 Å². The second-order valence-corrected chi connectivity index (χ2v) is 7.71. The smallest absolute Gasteiger partial charge is 0.233 e. The molecule has 0 spiro atoms. The fourth-order valence-electron chi connectivity index (χ4n) is 3.36. The minimum absolute atomic E-state index is 0.197. The van der Waals surface area contributed by atoms with Crippen LogP contribution in [-0.4, -0.2) is 44.4 Å². The Morgan fingerprint density at radius 3 is 2.50 bits per heavy atom. The van der Waals surface area contributed by atoms with Gasteiger partial charge in [-0.2, -0.15) is 0 Å². The summed E-state index contributed by atoms with van der Waals surface area (Å²) < 4.78 is 1.95. The third-order valence-corrected chi connectivity index (χ3v) is 5.42. The summed E-state index contributed by atoms with van der Waals surface area (Å²) >= 11 is 1.46. The van der Waals surface area contributed by atoms with Gasteiger partial charge >= 0.3 is 0 Å². The quantitative estimate of drug-likeness (QED) is 0.800. The monoisotopic (exact) mass is 344 g/mol. The van der Waals surface area contributed by atoms with Gasteiger partial charge in [-0.1, -0.05) is 55.9 Å². The van der Waals surface area contributed by atoms with Crippen molar-refractivity contribution in [2.75, 3.05) is 18.8 Å². The van der Waals surface area contributed by atoms with Crippen LogP contribution in [0.15, 0.2) is 35.5 Å². The molecule has 1 aromatic carbocycles. The minimum Gasteiger partial charge on any atom is -0.341 e. The first-order chi connectivity index (χ1) is 11.5. The number of carbonyl (C=O) groups excluding carboxylic acids is 1. The normalized spacial score (nSPS) is 21.0. The number of nitrogens with zero attached hydrogens (tertiary/aromatic N) is 4. The predicted octanol–water partition coefficient (Wildman–Crippen LogP) is 3.08. The van der Waals surface area contributed by atoms with E-state index >= 15 is 0 Å². The van der Waals surface area contributed by atoms with Crippen molar-refractivity contribution in [3.63, 3.8) is 0 Å². The van der Waals surface area contributed by atoms with Crippen LogP contribution in [0.3, 0.4) is 0 Å². The summed E-state index contributed by atoms with van der Waals surface area (Å²) in [5.41, 5.74) is 1.03. The third kappa shape index (κ3) is 3.80. The maximum Gasteiger partial charge on any atom is 0.233 e. The van der Waals surface area contributed by atoms with Crippen molar-refractivity contribution in [3.8, 4) is 11.4 Å². The summed E-state index contributed by atoms with van der Waals surface area (Å²) in [6.07, 6.45) is 1.21. The molecule has 1 amide bonds. The van der Waals surface area contributed by atoms with Crippen LogP contribution in [0.1, 0.15) is 20.3 Å². The lowest BCUT2D eigenvalue weighted by Crippen LogP contribution is -2.43. The van der Waals surface area contributed by atoms with Crippen LogP contribution in [0.25, 0.3) is 11.4 Å². The van der Waals surface area contributed by atoms with Crippen LogP contribution >= 0.6 is 11.8 Å². The van der Waals surface area contributed by atoms with Crippen molar-refractivity contribution in [1.82, 2.24) is 19.7 Å². The highest BCUT2D eigenvalue weighted by Crippen LogP contribution is 2.25. The SMILES string of the molecule is C[C@H]1C[C@H](C)CN(C(=O)CSc2nnc(-c3ccccc3)n2C)C1. The summed E-state index contributed by atoms with van der Waals surface area (Å²) in [6.45, 7) is 6.19. The molecule has 0 N–H and O–H groups in total. The predicted molar refractivity (Wildman–Crippen MR) is 96.7 cm³/mol. The van der Waals surface area contributed by atoms with E-state index in [0.29, 0.717) is 17.6 Å². The number of benzene rings is 1. The number of carbonyl (C=O) groups is 1. The molecular weight excluding hydrogens is 320 g/mol. The van der Waals surface area contributed by atoms with Gasteiger partial charge in [-0.25, -0.2) is 0 Å². The number of hydrogen-bond donors (Lipinski definition) is 0. The van der Waals surface area contributed by atoms with Crippen molar-refractivity contribution in [2.45, 2.75) is 25.4 Å². The first kappa shape index (κ1) is 17.0. The zero-order valence-corrected chi connectivity index (χ0v) is 15.3. The number of hydrogen-bond acceptors (Lipinski definition) is 4. The largest absolute Gasteiger partial charge is 0.341 e. The van der Waals surface area contributed by atoms with Crippen LogP contribution in [0.5, 0.6) is 0 Å². The number of rotatable bonds is 4. The Morgan fingerprint density at radius 2 is 1.83 bits per heavy atom. The topological polar surface area (TPSA) is 51.0 Å². The van der Waals surface area contributed by atoms with Crippen molar-refractivity contribution >= 4 is 17.7 Å². The van der Waals surface area contributed by atoms with Crippen molar-refractivity contribution in [2.24, 2.45) is 18.9 Å². The molecule has 0 aliphatic carbocycles. The number of aromatic nitrogens is 3. The van der Waals surface area contributed by atoms with Crippen molar-refractivity contribution in [3.05, 3.63) is 30.3 Å². The van der Waals surface area contributed by atoms with Gasteiger partial charge in [0.1, 0.15) is 0 Å². The molecule has 6 heteroatoms. The third-order valence-electron chi connectivity index (χ3n) is 4.41. The second-order valence-electron chi connectivity index (χ2n) is 6.76. The molecule has 2 atom stereocenters. The Bertz CT molecular complexity index is 690. The standard InChI is InChI=1S/C18H24N4OS/c1-13-9-14(2)11-22(10-13)16(23)12-24-18-20-19-17(21(18)3)15-7-5-4-6-8-15/h4-8,13-14H,9-12H2,1-3H3/t13-,14-/m0/s1. The first-order valence-electron chi connectivity index (χ1n) is 8.40. The molecule has 1 saturated heterocycles. The fraction of sp³-hybridized carbons (Fsp3) is 0.500. The van der Waals surface area contributed by atoms with Crippen LogP contribution in [0.2, 0.25) is 0 Å². The maximum absolute atomic E-state index is 12.5. The van der Waals surface area contributed by atoms with Crippen molar-refractivity contribution in [1.29, 1.82) is 0 Å². The highest BCUT2D eigenvalue weighted by molar-refractivity contribution is 7.99. The average Bonchev–Trinajstić information content (AvgIpc) is 2.93.